The predicted molar refractivity (Wildman–Crippen MR) is 75.9 cm³/mol. The van der Waals surface area contributed by atoms with E-state index in [1.807, 2.05) is 29.6 Å². The van der Waals surface area contributed by atoms with E-state index < -0.39 is 11.4 Å². The molecule has 0 aliphatic heterocycles. The van der Waals surface area contributed by atoms with Gasteiger partial charge in [0, 0.05) is 11.1 Å². The fourth-order valence-corrected chi connectivity index (χ4v) is 2.96. The molecule has 1 aromatic heterocycles. The zero-order valence-corrected chi connectivity index (χ0v) is 11.8. The van der Waals surface area contributed by atoms with Crippen molar-refractivity contribution in [3.8, 4) is 6.07 Å². The lowest BCUT2D eigenvalue weighted by Gasteiger charge is -2.18. The third kappa shape index (κ3) is 2.61. The van der Waals surface area contributed by atoms with Gasteiger partial charge < -0.3 is 4.74 Å². The Kier molecular flexibility index (Phi) is 3.87. The molecule has 0 aliphatic carbocycles. The number of benzene rings is 1. The zero-order chi connectivity index (χ0) is 13.9. The monoisotopic (exact) mass is 273 g/mol. The van der Waals surface area contributed by atoms with Crippen molar-refractivity contribution >= 4 is 27.4 Å². The number of carbonyl (C=O) groups excluding carboxylic acids is 1. The molecule has 1 atom stereocenters. The molecule has 3 nitrogen and oxygen atoms in total. The van der Waals surface area contributed by atoms with Gasteiger partial charge in [0.2, 0.25) is 0 Å². The molecule has 1 heterocycles. The Hall–Kier alpha value is -1.86. The topological polar surface area (TPSA) is 50.1 Å². The number of rotatable bonds is 4. The van der Waals surface area contributed by atoms with Crippen molar-refractivity contribution in [2.45, 2.75) is 20.3 Å². The Bertz CT molecular complexity index is 641. The molecule has 0 bridgehead atoms. The van der Waals surface area contributed by atoms with Gasteiger partial charge in [0.15, 0.2) is 5.41 Å². The average molecular weight is 273 g/mol. The number of carbonyl (C=O) groups is 1. The van der Waals surface area contributed by atoms with Gasteiger partial charge in [0.25, 0.3) is 0 Å². The summed E-state index contributed by atoms with van der Waals surface area (Å²) < 4.78 is 6.17. The zero-order valence-electron chi connectivity index (χ0n) is 11.0. The quantitative estimate of drug-likeness (QED) is 0.801. The van der Waals surface area contributed by atoms with Crippen LogP contribution in [-0.4, -0.2) is 12.6 Å². The van der Waals surface area contributed by atoms with Crippen molar-refractivity contribution in [2.75, 3.05) is 6.61 Å². The molecule has 0 spiro atoms. The summed E-state index contributed by atoms with van der Waals surface area (Å²) >= 11 is 1.63. The van der Waals surface area contributed by atoms with Crippen LogP contribution in [0.4, 0.5) is 0 Å². The maximum atomic E-state index is 11.9. The second-order valence-corrected chi connectivity index (χ2v) is 5.51. The normalized spacial score (nSPS) is 13.7. The van der Waals surface area contributed by atoms with Crippen LogP contribution in [0.5, 0.6) is 0 Å². The molecule has 2 aromatic rings. The van der Waals surface area contributed by atoms with Crippen LogP contribution >= 0.6 is 11.3 Å². The van der Waals surface area contributed by atoms with Crippen molar-refractivity contribution in [1.82, 2.24) is 0 Å². The van der Waals surface area contributed by atoms with Crippen molar-refractivity contribution in [3.05, 3.63) is 35.2 Å². The first-order valence-corrected chi connectivity index (χ1v) is 7.02. The van der Waals surface area contributed by atoms with Crippen molar-refractivity contribution in [3.63, 3.8) is 0 Å². The summed E-state index contributed by atoms with van der Waals surface area (Å²) in [7, 11) is 0. The van der Waals surface area contributed by atoms with Crippen LogP contribution in [0.25, 0.3) is 10.1 Å². The minimum Gasteiger partial charge on any atom is -0.465 e. The Morgan fingerprint density at radius 3 is 2.89 bits per heavy atom. The smallest absolute Gasteiger partial charge is 0.326 e. The van der Waals surface area contributed by atoms with Crippen LogP contribution in [0.3, 0.4) is 0 Å². The van der Waals surface area contributed by atoms with E-state index in [9.17, 15) is 10.1 Å². The Labute approximate surface area is 116 Å². The van der Waals surface area contributed by atoms with Gasteiger partial charge in [0.1, 0.15) is 0 Å². The lowest BCUT2D eigenvalue weighted by atomic mass is 9.85. The predicted octanol–water partition coefficient (Wildman–Crippen LogP) is 3.54. The van der Waals surface area contributed by atoms with Crippen LogP contribution in [0.2, 0.25) is 0 Å². The molecule has 98 valence electrons. The number of fused-ring (bicyclic) bond motifs is 1. The fourth-order valence-electron chi connectivity index (χ4n) is 2.00. The molecule has 0 N–H and O–H groups in total. The van der Waals surface area contributed by atoms with E-state index in [0.717, 1.165) is 10.9 Å². The highest BCUT2D eigenvalue weighted by atomic mass is 32.1. The SMILES string of the molecule is CCOC(=O)C(C)(C#N)Cc1csc2ccccc12. The van der Waals surface area contributed by atoms with E-state index in [1.165, 1.54) is 4.70 Å². The van der Waals surface area contributed by atoms with E-state index in [0.29, 0.717) is 13.0 Å². The van der Waals surface area contributed by atoms with Crippen molar-refractivity contribution in [1.29, 1.82) is 5.26 Å². The highest BCUT2D eigenvalue weighted by Gasteiger charge is 2.35. The number of thiophene rings is 1. The van der Waals surface area contributed by atoms with E-state index in [2.05, 4.69) is 6.07 Å². The van der Waals surface area contributed by atoms with E-state index >= 15 is 0 Å². The van der Waals surface area contributed by atoms with Crippen LogP contribution in [0, 0.1) is 16.7 Å². The van der Waals surface area contributed by atoms with Gasteiger partial charge >= 0.3 is 5.97 Å². The number of nitrogens with zero attached hydrogens (tertiary/aromatic N) is 1. The number of esters is 1. The molecule has 4 heteroatoms. The summed E-state index contributed by atoms with van der Waals surface area (Å²) in [4.78, 5) is 11.9. The lowest BCUT2D eigenvalue weighted by Crippen LogP contribution is -2.30. The maximum absolute atomic E-state index is 11.9. The molecule has 0 amide bonds. The molecular weight excluding hydrogens is 258 g/mol. The van der Waals surface area contributed by atoms with Crippen LogP contribution in [0.15, 0.2) is 29.6 Å². The molecule has 0 radical (unpaired) electrons. The van der Waals surface area contributed by atoms with Crippen LogP contribution in [0.1, 0.15) is 19.4 Å². The summed E-state index contributed by atoms with van der Waals surface area (Å²) in [6.45, 7) is 3.67. The standard InChI is InChI=1S/C15H15NO2S/c1-3-18-14(17)15(2,10-16)8-11-9-19-13-7-5-4-6-12(11)13/h4-7,9H,3,8H2,1-2H3. The number of nitriles is 1. The van der Waals surface area contributed by atoms with Gasteiger partial charge in [-0.25, -0.2) is 0 Å². The first-order chi connectivity index (χ1) is 9.10. The molecule has 2 rings (SSSR count). The third-order valence-corrected chi connectivity index (χ3v) is 4.09. The molecule has 0 saturated heterocycles. The molecule has 0 fully saturated rings. The average Bonchev–Trinajstić information content (AvgIpc) is 2.82. The highest BCUT2D eigenvalue weighted by Crippen LogP contribution is 2.32. The van der Waals surface area contributed by atoms with Crippen LogP contribution < -0.4 is 0 Å². The van der Waals surface area contributed by atoms with Crippen LogP contribution in [-0.2, 0) is 16.0 Å². The summed E-state index contributed by atoms with van der Waals surface area (Å²) in [5.41, 5.74) is -0.0995. The minimum atomic E-state index is -1.13. The van der Waals surface area contributed by atoms with E-state index in [-0.39, 0.29) is 0 Å². The molecule has 1 unspecified atom stereocenters. The molecule has 19 heavy (non-hydrogen) atoms. The minimum absolute atomic E-state index is 0.292. The summed E-state index contributed by atoms with van der Waals surface area (Å²) in [5, 5.41) is 12.4. The molecule has 0 aliphatic rings. The Balaban J connectivity index is 2.33. The summed E-state index contributed by atoms with van der Waals surface area (Å²) in [5.74, 6) is -0.451. The van der Waals surface area contributed by atoms with Gasteiger partial charge in [0.05, 0.1) is 12.7 Å². The Morgan fingerprint density at radius 2 is 2.21 bits per heavy atom. The lowest BCUT2D eigenvalue weighted by molar-refractivity contribution is -0.151. The number of ether oxygens (including phenoxy) is 1. The Morgan fingerprint density at radius 1 is 1.47 bits per heavy atom. The second-order valence-electron chi connectivity index (χ2n) is 4.60. The molecule has 1 aromatic carbocycles. The van der Waals surface area contributed by atoms with E-state index in [4.69, 9.17) is 4.74 Å². The highest BCUT2D eigenvalue weighted by molar-refractivity contribution is 7.17. The number of hydrogen-bond donors (Lipinski definition) is 0. The summed E-state index contributed by atoms with van der Waals surface area (Å²) in [6, 6.07) is 10.1. The van der Waals surface area contributed by atoms with Gasteiger partial charge in [-0.15, -0.1) is 11.3 Å². The summed E-state index contributed by atoms with van der Waals surface area (Å²) in [6.07, 6.45) is 0.381. The number of hydrogen-bond acceptors (Lipinski definition) is 4. The maximum Gasteiger partial charge on any atom is 0.326 e. The van der Waals surface area contributed by atoms with E-state index in [1.54, 1.807) is 25.2 Å². The first-order valence-electron chi connectivity index (χ1n) is 6.14. The van der Waals surface area contributed by atoms with Crippen molar-refractivity contribution in [2.24, 2.45) is 5.41 Å². The van der Waals surface area contributed by atoms with Crippen molar-refractivity contribution < 1.29 is 9.53 Å². The fraction of sp³-hybridized carbons (Fsp3) is 0.333. The molecular formula is C15H15NO2S. The van der Waals surface area contributed by atoms with Gasteiger partial charge in [-0.1, -0.05) is 18.2 Å². The largest absolute Gasteiger partial charge is 0.465 e. The second kappa shape index (κ2) is 5.41. The van der Waals surface area contributed by atoms with Gasteiger partial charge in [-0.2, -0.15) is 5.26 Å². The van der Waals surface area contributed by atoms with Gasteiger partial charge in [-0.3, -0.25) is 4.79 Å². The molecule has 0 saturated carbocycles. The third-order valence-electron chi connectivity index (χ3n) is 3.08. The first kappa shape index (κ1) is 13.6. The van der Waals surface area contributed by atoms with Gasteiger partial charge in [-0.05, 0) is 36.2 Å².